The number of fused-ring (bicyclic) bond motifs is 1. The van der Waals surface area contributed by atoms with E-state index in [1.165, 1.54) is 25.9 Å². The van der Waals surface area contributed by atoms with Crippen LogP contribution in [-0.2, 0) is 13.0 Å². The molecule has 2 aliphatic rings. The predicted molar refractivity (Wildman–Crippen MR) is 66.8 cm³/mol. The largest absolute Gasteiger partial charge is 0.476 e. The lowest BCUT2D eigenvalue weighted by Crippen LogP contribution is -2.40. The molecule has 0 bridgehead atoms. The van der Waals surface area contributed by atoms with Crippen molar-refractivity contribution >= 4 is 5.97 Å². The Morgan fingerprint density at radius 3 is 2.78 bits per heavy atom. The fourth-order valence-corrected chi connectivity index (χ4v) is 3.29. The molecule has 1 saturated heterocycles. The molecule has 98 valence electrons. The molecule has 18 heavy (non-hydrogen) atoms. The number of carboxylic acid groups (broad SMARTS) is 1. The number of carbonyl (C=O) groups is 1. The minimum absolute atomic E-state index is 0.257. The van der Waals surface area contributed by atoms with E-state index in [0.29, 0.717) is 6.04 Å². The number of aryl methyl sites for hydroxylation is 1. The van der Waals surface area contributed by atoms with E-state index in [4.69, 9.17) is 5.11 Å². The maximum Gasteiger partial charge on any atom is 0.356 e. The molecular weight excluding hydrogens is 230 g/mol. The molecule has 2 aliphatic heterocycles. The average Bonchev–Trinajstić information content (AvgIpc) is 2.97. The molecule has 1 atom stereocenters. The van der Waals surface area contributed by atoms with E-state index in [9.17, 15) is 4.79 Å². The highest BCUT2D eigenvalue weighted by Crippen LogP contribution is 2.25. The highest BCUT2D eigenvalue weighted by atomic mass is 16.4. The summed E-state index contributed by atoms with van der Waals surface area (Å²) in [5.41, 5.74) is 1.17. The third-order valence-electron chi connectivity index (χ3n) is 4.23. The van der Waals surface area contributed by atoms with Crippen molar-refractivity contribution in [3.63, 3.8) is 0 Å². The number of nitrogens with zero attached hydrogens (tertiary/aromatic N) is 3. The Morgan fingerprint density at radius 1 is 1.39 bits per heavy atom. The van der Waals surface area contributed by atoms with Crippen molar-refractivity contribution in [3.8, 4) is 0 Å². The van der Waals surface area contributed by atoms with Gasteiger partial charge in [-0.1, -0.05) is 0 Å². The van der Waals surface area contributed by atoms with Gasteiger partial charge in [-0.2, -0.15) is 0 Å². The van der Waals surface area contributed by atoms with Crippen molar-refractivity contribution in [2.24, 2.45) is 0 Å². The maximum absolute atomic E-state index is 11.1. The molecule has 1 fully saturated rings. The predicted octanol–water partition coefficient (Wildman–Crippen LogP) is 1.30. The molecule has 3 rings (SSSR count). The van der Waals surface area contributed by atoms with Crippen LogP contribution in [0, 0.1) is 6.92 Å². The van der Waals surface area contributed by atoms with Crippen molar-refractivity contribution in [2.75, 3.05) is 13.1 Å². The summed E-state index contributed by atoms with van der Waals surface area (Å²) in [6, 6.07) is 0.564. The van der Waals surface area contributed by atoms with Crippen LogP contribution in [0.25, 0.3) is 0 Å². The molecule has 0 spiro atoms. The van der Waals surface area contributed by atoms with Gasteiger partial charge in [-0.3, -0.25) is 4.90 Å². The number of aromatic nitrogens is 2. The maximum atomic E-state index is 11.1. The quantitative estimate of drug-likeness (QED) is 0.858. The molecule has 1 aromatic heterocycles. The highest BCUT2D eigenvalue weighted by Gasteiger charge is 2.30. The number of likely N-dealkylation sites (tertiary alicyclic amines) is 1. The summed E-state index contributed by atoms with van der Waals surface area (Å²) in [7, 11) is 0. The number of imidazole rings is 1. The van der Waals surface area contributed by atoms with E-state index >= 15 is 0 Å². The van der Waals surface area contributed by atoms with E-state index in [0.717, 1.165) is 30.9 Å². The Balaban J connectivity index is 1.86. The Bertz CT molecular complexity index is 475. The van der Waals surface area contributed by atoms with Crippen molar-refractivity contribution in [1.29, 1.82) is 0 Å². The van der Waals surface area contributed by atoms with Gasteiger partial charge in [0, 0.05) is 12.6 Å². The summed E-state index contributed by atoms with van der Waals surface area (Å²) < 4.78 is 2.11. The van der Waals surface area contributed by atoms with Crippen LogP contribution < -0.4 is 0 Å². The van der Waals surface area contributed by atoms with Gasteiger partial charge in [0.2, 0.25) is 0 Å². The van der Waals surface area contributed by atoms with E-state index in [-0.39, 0.29) is 5.69 Å². The summed E-state index contributed by atoms with van der Waals surface area (Å²) in [5, 5.41) is 9.15. The molecule has 0 aliphatic carbocycles. The topological polar surface area (TPSA) is 58.4 Å². The zero-order valence-corrected chi connectivity index (χ0v) is 10.7. The molecule has 1 unspecified atom stereocenters. The SMILES string of the molecule is Cc1nc(C(=O)O)c2n1CC(N1CCCC1)CC2. The number of hydrogen-bond donors (Lipinski definition) is 1. The number of carboxylic acids is 1. The van der Waals surface area contributed by atoms with Gasteiger partial charge in [0.1, 0.15) is 5.82 Å². The molecule has 1 N–H and O–H groups in total. The van der Waals surface area contributed by atoms with Crippen LogP contribution in [0.15, 0.2) is 0 Å². The number of aromatic carboxylic acids is 1. The molecule has 1 aromatic rings. The molecule has 0 radical (unpaired) electrons. The molecule has 3 heterocycles. The Labute approximate surface area is 106 Å². The van der Waals surface area contributed by atoms with Crippen molar-refractivity contribution in [2.45, 2.75) is 45.2 Å². The van der Waals surface area contributed by atoms with Crippen LogP contribution >= 0.6 is 0 Å². The zero-order valence-electron chi connectivity index (χ0n) is 10.7. The monoisotopic (exact) mass is 249 g/mol. The summed E-state index contributed by atoms with van der Waals surface area (Å²) in [4.78, 5) is 17.9. The highest BCUT2D eigenvalue weighted by molar-refractivity contribution is 5.86. The van der Waals surface area contributed by atoms with Gasteiger partial charge in [-0.05, 0) is 45.7 Å². The van der Waals surface area contributed by atoms with Gasteiger partial charge in [0.05, 0.1) is 5.69 Å². The molecule has 0 amide bonds. The lowest BCUT2D eigenvalue weighted by Gasteiger charge is -2.32. The lowest BCUT2D eigenvalue weighted by atomic mass is 10.0. The van der Waals surface area contributed by atoms with Gasteiger partial charge in [-0.25, -0.2) is 9.78 Å². The summed E-state index contributed by atoms with van der Waals surface area (Å²) in [6.07, 6.45) is 4.49. The van der Waals surface area contributed by atoms with E-state index in [1.807, 2.05) is 6.92 Å². The van der Waals surface area contributed by atoms with Crippen LogP contribution in [0.1, 0.15) is 41.3 Å². The zero-order chi connectivity index (χ0) is 12.7. The van der Waals surface area contributed by atoms with Crippen molar-refractivity contribution in [1.82, 2.24) is 14.5 Å². The third-order valence-corrected chi connectivity index (χ3v) is 4.23. The first-order chi connectivity index (χ1) is 8.66. The Kier molecular flexibility index (Phi) is 2.86. The second-order valence-electron chi connectivity index (χ2n) is 5.31. The third kappa shape index (κ3) is 1.82. The molecule has 0 aromatic carbocycles. The van der Waals surface area contributed by atoms with Crippen LogP contribution in [0.4, 0.5) is 0 Å². The fourth-order valence-electron chi connectivity index (χ4n) is 3.29. The van der Waals surface area contributed by atoms with Gasteiger partial charge < -0.3 is 9.67 Å². The van der Waals surface area contributed by atoms with Crippen molar-refractivity contribution in [3.05, 3.63) is 17.2 Å². The van der Waals surface area contributed by atoms with Crippen molar-refractivity contribution < 1.29 is 9.90 Å². The van der Waals surface area contributed by atoms with Gasteiger partial charge >= 0.3 is 5.97 Å². The second kappa shape index (κ2) is 4.39. The number of hydrogen-bond acceptors (Lipinski definition) is 3. The Hall–Kier alpha value is -1.36. The molecule has 5 nitrogen and oxygen atoms in total. The smallest absolute Gasteiger partial charge is 0.356 e. The van der Waals surface area contributed by atoms with Crippen LogP contribution in [0.5, 0.6) is 0 Å². The Morgan fingerprint density at radius 2 is 2.11 bits per heavy atom. The molecule has 5 heteroatoms. The average molecular weight is 249 g/mol. The number of rotatable bonds is 2. The van der Waals surface area contributed by atoms with Crippen LogP contribution in [-0.4, -0.2) is 44.7 Å². The van der Waals surface area contributed by atoms with E-state index in [2.05, 4.69) is 14.5 Å². The normalized spacial score (nSPS) is 24.2. The lowest BCUT2D eigenvalue weighted by molar-refractivity contribution is 0.0688. The first kappa shape index (κ1) is 11.7. The minimum Gasteiger partial charge on any atom is -0.476 e. The van der Waals surface area contributed by atoms with Gasteiger partial charge in [0.25, 0.3) is 0 Å². The second-order valence-corrected chi connectivity index (χ2v) is 5.31. The van der Waals surface area contributed by atoms with Gasteiger partial charge in [0.15, 0.2) is 5.69 Å². The molecule has 0 saturated carbocycles. The first-order valence-corrected chi connectivity index (χ1v) is 6.70. The molecular formula is C13H19N3O2. The van der Waals surface area contributed by atoms with Crippen LogP contribution in [0.3, 0.4) is 0 Å². The van der Waals surface area contributed by atoms with E-state index in [1.54, 1.807) is 0 Å². The summed E-state index contributed by atoms with van der Waals surface area (Å²) in [6.45, 7) is 5.20. The summed E-state index contributed by atoms with van der Waals surface area (Å²) in [5.74, 6) is -0.0576. The van der Waals surface area contributed by atoms with Crippen LogP contribution in [0.2, 0.25) is 0 Å². The summed E-state index contributed by atoms with van der Waals surface area (Å²) >= 11 is 0. The first-order valence-electron chi connectivity index (χ1n) is 6.70. The minimum atomic E-state index is -0.897. The fraction of sp³-hybridized carbons (Fsp3) is 0.692. The van der Waals surface area contributed by atoms with Gasteiger partial charge in [-0.15, -0.1) is 0 Å². The van der Waals surface area contributed by atoms with E-state index < -0.39 is 5.97 Å². The standard InChI is InChI=1S/C13H19N3O2/c1-9-14-12(13(17)18)11-5-4-10(8-16(9)11)15-6-2-3-7-15/h10H,2-8H2,1H3,(H,17,18).